The van der Waals surface area contributed by atoms with Crippen molar-refractivity contribution in [3.63, 3.8) is 0 Å². The van der Waals surface area contributed by atoms with E-state index in [9.17, 15) is 4.79 Å². The normalized spacial score (nSPS) is 15.3. The maximum absolute atomic E-state index is 12.0. The molecule has 160 valence electrons. The van der Waals surface area contributed by atoms with E-state index in [0.29, 0.717) is 31.1 Å². The van der Waals surface area contributed by atoms with Crippen molar-refractivity contribution in [1.82, 2.24) is 20.9 Å². The summed E-state index contributed by atoms with van der Waals surface area (Å²) in [5, 5.41) is 9.66. The van der Waals surface area contributed by atoms with Gasteiger partial charge in [-0.05, 0) is 53.9 Å². The van der Waals surface area contributed by atoms with Crippen LogP contribution in [0.1, 0.15) is 73.1 Å². The molecule has 3 N–H and O–H groups in total. The highest BCUT2D eigenvalue weighted by atomic mass is 127. The topological polar surface area (TPSA) is 68.8 Å². The lowest BCUT2D eigenvalue weighted by Gasteiger charge is -2.30. The maximum atomic E-state index is 12.0. The van der Waals surface area contributed by atoms with Gasteiger partial charge in [-0.3, -0.25) is 14.7 Å². The Morgan fingerprint density at radius 2 is 1.74 bits per heavy atom. The highest BCUT2D eigenvalue weighted by molar-refractivity contribution is 14.0. The van der Waals surface area contributed by atoms with Crippen molar-refractivity contribution in [3.05, 3.63) is 0 Å². The summed E-state index contributed by atoms with van der Waals surface area (Å²) in [6.45, 7) is 14.3. The fourth-order valence-electron chi connectivity index (χ4n) is 3.56. The number of carbonyl (C=O) groups excluding carboxylic acids is 1. The lowest BCUT2D eigenvalue weighted by molar-refractivity contribution is -0.121. The molecule has 1 aliphatic rings. The van der Waals surface area contributed by atoms with Crippen molar-refractivity contribution < 1.29 is 4.79 Å². The molecular formula is C20H42IN5O. The minimum atomic E-state index is 0. The van der Waals surface area contributed by atoms with Gasteiger partial charge in [-0.1, -0.05) is 12.8 Å². The highest BCUT2D eigenvalue weighted by Gasteiger charge is 2.16. The van der Waals surface area contributed by atoms with E-state index in [0.717, 1.165) is 44.9 Å². The van der Waals surface area contributed by atoms with Gasteiger partial charge >= 0.3 is 0 Å². The molecule has 7 heteroatoms. The maximum Gasteiger partial charge on any atom is 0.221 e. The molecule has 0 aromatic heterocycles. The molecule has 0 heterocycles. The number of nitrogens with one attached hydrogen (secondary N) is 3. The van der Waals surface area contributed by atoms with E-state index in [2.05, 4.69) is 60.5 Å². The van der Waals surface area contributed by atoms with E-state index in [-0.39, 0.29) is 29.9 Å². The van der Waals surface area contributed by atoms with Crippen LogP contribution in [0.15, 0.2) is 4.99 Å². The van der Waals surface area contributed by atoms with Gasteiger partial charge in [-0.15, -0.1) is 24.0 Å². The summed E-state index contributed by atoms with van der Waals surface area (Å²) in [5.41, 5.74) is 0. The van der Waals surface area contributed by atoms with Crippen molar-refractivity contribution in [1.29, 1.82) is 0 Å². The van der Waals surface area contributed by atoms with Crippen molar-refractivity contribution in [3.8, 4) is 0 Å². The summed E-state index contributed by atoms with van der Waals surface area (Å²) in [6.07, 6.45) is 6.28. The second-order valence-electron chi connectivity index (χ2n) is 7.77. The predicted octanol–water partition coefficient (Wildman–Crippen LogP) is 3.12. The van der Waals surface area contributed by atoms with Crippen molar-refractivity contribution in [2.45, 2.75) is 91.3 Å². The van der Waals surface area contributed by atoms with Gasteiger partial charge in [-0.25, -0.2) is 0 Å². The molecule has 0 aromatic carbocycles. The molecule has 0 spiro atoms. The third-order valence-corrected chi connectivity index (χ3v) is 4.88. The average molecular weight is 495 g/mol. The molecule has 0 aliphatic heterocycles. The Kier molecular flexibility index (Phi) is 15.0. The summed E-state index contributed by atoms with van der Waals surface area (Å²) in [4.78, 5) is 19.1. The van der Waals surface area contributed by atoms with Gasteiger partial charge in [0, 0.05) is 50.7 Å². The van der Waals surface area contributed by atoms with Gasteiger partial charge in [0.15, 0.2) is 5.96 Å². The zero-order chi connectivity index (χ0) is 19.4. The Morgan fingerprint density at radius 3 is 2.30 bits per heavy atom. The highest BCUT2D eigenvalue weighted by Crippen LogP contribution is 2.17. The molecule has 1 amide bonds. The largest absolute Gasteiger partial charge is 0.357 e. The van der Waals surface area contributed by atoms with E-state index in [4.69, 9.17) is 0 Å². The molecule has 27 heavy (non-hydrogen) atoms. The first kappa shape index (κ1) is 26.4. The Labute approximate surface area is 183 Å². The van der Waals surface area contributed by atoms with E-state index in [1.165, 1.54) is 12.8 Å². The van der Waals surface area contributed by atoms with Crippen LogP contribution in [0.2, 0.25) is 0 Å². The molecule has 0 bridgehead atoms. The van der Waals surface area contributed by atoms with E-state index < -0.39 is 0 Å². The molecule has 1 rings (SSSR count). The van der Waals surface area contributed by atoms with Crippen LogP contribution in [0.25, 0.3) is 0 Å². The number of hydrogen-bond donors (Lipinski definition) is 3. The number of halogens is 1. The number of hydrogen-bond acceptors (Lipinski definition) is 3. The predicted molar refractivity (Wildman–Crippen MR) is 126 cm³/mol. The third kappa shape index (κ3) is 11.8. The number of nitrogens with zero attached hydrogens (tertiary/aromatic N) is 2. The molecule has 1 fully saturated rings. The van der Waals surface area contributed by atoms with Crippen LogP contribution >= 0.6 is 24.0 Å². The van der Waals surface area contributed by atoms with Gasteiger partial charge < -0.3 is 16.0 Å². The summed E-state index contributed by atoms with van der Waals surface area (Å²) >= 11 is 0. The standard InChI is InChI=1S/C20H41N5O.HI/c1-6-21-20(22-13-9-15-25(16(2)3)17(4)5)23-14-12-19(26)24-18-10-7-8-11-18;/h16-18H,6-15H2,1-5H3,(H,24,26)(H2,21,22,23);1H. The summed E-state index contributed by atoms with van der Waals surface area (Å²) in [5.74, 6) is 0.951. The van der Waals surface area contributed by atoms with Crippen LogP contribution in [0, 0.1) is 0 Å². The van der Waals surface area contributed by atoms with E-state index in [1.54, 1.807) is 0 Å². The molecule has 0 aromatic rings. The van der Waals surface area contributed by atoms with Crippen LogP contribution in [0.3, 0.4) is 0 Å². The lowest BCUT2D eigenvalue weighted by atomic mass is 10.2. The molecule has 0 saturated heterocycles. The first-order valence-electron chi connectivity index (χ1n) is 10.5. The van der Waals surface area contributed by atoms with E-state index in [1.807, 2.05) is 0 Å². The minimum Gasteiger partial charge on any atom is -0.357 e. The van der Waals surface area contributed by atoms with Crippen molar-refractivity contribution in [2.24, 2.45) is 4.99 Å². The second-order valence-corrected chi connectivity index (χ2v) is 7.77. The van der Waals surface area contributed by atoms with E-state index >= 15 is 0 Å². The zero-order valence-electron chi connectivity index (χ0n) is 18.0. The Bertz CT molecular complexity index is 415. The fraction of sp³-hybridized carbons (Fsp3) is 0.900. The smallest absolute Gasteiger partial charge is 0.221 e. The molecule has 6 nitrogen and oxygen atoms in total. The second kappa shape index (κ2) is 15.4. The van der Waals surface area contributed by atoms with Crippen LogP contribution in [-0.4, -0.2) is 61.1 Å². The molecule has 0 atom stereocenters. The molecule has 0 radical (unpaired) electrons. The SMILES string of the molecule is CCNC(=NCCCN(C(C)C)C(C)C)NCCC(=O)NC1CCCC1.I. The summed E-state index contributed by atoms with van der Waals surface area (Å²) in [6, 6.07) is 1.52. The first-order chi connectivity index (χ1) is 12.4. The van der Waals surface area contributed by atoms with Gasteiger partial charge in [-0.2, -0.15) is 0 Å². The van der Waals surface area contributed by atoms with Gasteiger partial charge in [0.2, 0.25) is 5.91 Å². The quantitative estimate of drug-likeness (QED) is 0.178. The zero-order valence-corrected chi connectivity index (χ0v) is 20.3. The summed E-state index contributed by atoms with van der Waals surface area (Å²) in [7, 11) is 0. The molecule has 1 saturated carbocycles. The monoisotopic (exact) mass is 495 g/mol. The molecule has 1 aliphatic carbocycles. The number of aliphatic imine (C=N–C) groups is 1. The number of guanidine groups is 1. The van der Waals surface area contributed by atoms with Gasteiger partial charge in [0.05, 0.1) is 0 Å². The van der Waals surface area contributed by atoms with Gasteiger partial charge in [0.1, 0.15) is 0 Å². The van der Waals surface area contributed by atoms with Crippen LogP contribution in [0.5, 0.6) is 0 Å². The Balaban J connectivity index is 0.00000676. The number of rotatable bonds is 11. The minimum absolute atomic E-state index is 0. The number of carbonyl (C=O) groups is 1. The third-order valence-electron chi connectivity index (χ3n) is 4.88. The Hall–Kier alpha value is -0.570. The Morgan fingerprint density at radius 1 is 1.11 bits per heavy atom. The number of amides is 1. The summed E-state index contributed by atoms with van der Waals surface area (Å²) < 4.78 is 0. The average Bonchev–Trinajstić information content (AvgIpc) is 3.06. The molecule has 0 unspecified atom stereocenters. The molecular weight excluding hydrogens is 453 g/mol. The fourth-order valence-corrected chi connectivity index (χ4v) is 3.56. The van der Waals surface area contributed by atoms with Crippen LogP contribution in [-0.2, 0) is 4.79 Å². The van der Waals surface area contributed by atoms with Crippen molar-refractivity contribution in [2.75, 3.05) is 26.2 Å². The lowest BCUT2D eigenvalue weighted by Crippen LogP contribution is -2.41. The van der Waals surface area contributed by atoms with Crippen LogP contribution < -0.4 is 16.0 Å². The van der Waals surface area contributed by atoms with Gasteiger partial charge in [0.25, 0.3) is 0 Å². The van der Waals surface area contributed by atoms with Crippen molar-refractivity contribution >= 4 is 35.8 Å². The van der Waals surface area contributed by atoms with Crippen LogP contribution in [0.4, 0.5) is 0 Å². The first-order valence-corrected chi connectivity index (χ1v) is 10.5.